The summed E-state index contributed by atoms with van der Waals surface area (Å²) in [5.41, 5.74) is 8.10. The van der Waals surface area contributed by atoms with E-state index in [1.165, 1.54) is 19.3 Å². The molecule has 0 aliphatic carbocycles. The lowest BCUT2D eigenvalue weighted by Crippen LogP contribution is -2.31. The molecule has 1 amide bonds. The third kappa shape index (κ3) is 7.76. The molecule has 7 nitrogen and oxygen atoms in total. The summed E-state index contributed by atoms with van der Waals surface area (Å²) in [5, 5.41) is 15.6. The summed E-state index contributed by atoms with van der Waals surface area (Å²) in [6.07, 6.45) is 7.51. The van der Waals surface area contributed by atoms with Crippen LogP contribution < -0.4 is 11.1 Å². The first-order chi connectivity index (χ1) is 15.2. The zero-order valence-corrected chi connectivity index (χ0v) is 20.4. The third-order valence-electron chi connectivity index (χ3n) is 6.30. The van der Waals surface area contributed by atoms with E-state index in [2.05, 4.69) is 37.9 Å². The zero-order valence-electron chi connectivity index (χ0n) is 20.4. The summed E-state index contributed by atoms with van der Waals surface area (Å²) >= 11 is 0. The van der Waals surface area contributed by atoms with Crippen molar-refractivity contribution in [3.8, 4) is 0 Å². The van der Waals surface area contributed by atoms with Crippen molar-refractivity contribution in [1.29, 1.82) is 0 Å². The highest BCUT2D eigenvalue weighted by atomic mass is 16.6. The number of primary amides is 1. The molecule has 2 rings (SSSR count). The van der Waals surface area contributed by atoms with Gasteiger partial charge in [0.05, 0.1) is 4.92 Å². The molecule has 1 fully saturated rings. The number of amides is 1. The number of rotatable bonds is 13. The lowest BCUT2D eigenvalue weighted by atomic mass is 9.90. The Morgan fingerprint density at radius 1 is 1.12 bits per heavy atom. The molecule has 1 aromatic carbocycles. The molecule has 32 heavy (non-hydrogen) atoms. The van der Waals surface area contributed by atoms with Crippen LogP contribution in [0.4, 0.5) is 11.4 Å². The highest BCUT2D eigenvalue weighted by molar-refractivity contribution is 5.97. The highest BCUT2D eigenvalue weighted by Gasteiger charge is 2.28. The molecule has 0 aromatic heterocycles. The average Bonchev–Trinajstić information content (AvgIpc) is 2.73. The molecule has 3 N–H and O–H groups in total. The number of carbonyl (C=O) groups is 1. The second-order valence-electron chi connectivity index (χ2n) is 9.95. The predicted octanol–water partition coefficient (Wildman–Crippen LogP) is 5.16. The Balaban J connectivity index is 2.36. The normalized spacial score (nSPS) is 14.8. The molecular weight excluding hydrogens is 404 g/mol. The van der Waals surface area contributed by atoms with Gasteiger partial charge >= 0.3 is 0 Å². The summed E-state index contributed by atoms with van der Waals surface area (Å²) in [7, 11) is 0. The van der Waals surface area contributed by atoms with Crippen molar-refractivity contribution in [1.82, 2.24) is 4.90 Å². The van der Waals surface area contributed by atoms with Crippen LogP contribution in [0.25, 0.3) is 0 Å². The number of nitrogens with one attached hydrogen (secondary N) is 1. The molecule has 0 unspecified atom stereocenters. The fourth-order valence-electron chi connectivity index (χ4n) is 4.41. The topological polar surface area (TPSA) is 102 Å². The molecule has 0 atom stereocenters. The third-order valence-corrected chi connectivity index (χ3v) is 6.30. The monoisotopic (exact) mass is 446 g/mol. The first-order valence-electron chi connectivity index (χ1n) is 12.3. The Morgan fingerprint density at radius 2 is 1.75 bits per heavy atom. The molecule has 0 saturated carbocycles. The molecule has 1 aromatic rings. The van der Waals surface area contributed by atoms with Gasteiger partial charge in [-0.25, -0.2) is 0 Å². The number of nitro benzene ring substituents is 1. The van der Waals surface area contributed by atoms with Crippen LogP contribution >= 0.6 is 0 Å². The zero-order chi connectivity index (χ0) is 23.7. The molecule has 1 aliphatic heterocycles. The molecular formula is C25H42N4O3. The number of anilines is 1. The number of likely N-dealkylation sites (tertiary alicyclic amines) is 1. The maximum absolute atomic E-state index is 12.3. The summed E-state index contributed by atoms with van der Waals surface area (Å²) in [6.45, 7) is 12.3. The average molecular weight is 447 g/mol. The van der Waals surface area contributed by atoms with Crippen LogP contribution in [0.1, 0.15) is 87.7 Å². The van der Waals surface area contributed by atoms with E-state index in [0.29, 0.717) is 53.6 Å². The van der Waals surface area contributed by atoms with E-state index < -0.39 is 5.91 Å². The number of nitrogens with zero attached hydrogens (tertiary/aromatic N) is 2. The van der Waals surface area contributed by atoms with Crippen molar-refractivity contribution in [3.63, 3.8) is 0 Å². The standard InChI is InChI=1S/C25H42N4O3/c1-18(2)9-11-20-17-22(25(26)30)21(12-10-19(3)4)23(24(20)29(31)32)27-13-8-16-28-14-6-5-7-15-28/h17-19,27H,5-16H2,1-4H3,(H2,26,30). The minimum Gasteiger partial charge on any atom is -0.379 e. The van der Waals surface area contributed by atoms with Gasteiger partial charge in [-0.2, -0.15) is 0 Å². The minimum absolute atomic E-state index is 0.118. The Kier molecular flexibility index (Phi) is 10.4. The van der Waals surface area contributed by atoms with E-state index in [9.17, 15) is 14.9 Å². The number of benzene rings is 1. The quantitative estimate of drug-likeness (QED) is 0.248. The highest BCUT2D eigenvalue weighted by Crippen LogP contribution is 2.37. The van der Waals surface area contributed by atoms with Gasteiger partial charge in [0, 0.05) is 17.7 Å². The van der Waals surface area contributed by atoms with E-state index in [-0.39, 0.29) is 10.6 Å². The Morgan fingerprint density at radius 3 is 2.31 bits per heavy atom. The van der Waals surface area contributed by atoms with Crippen molar-refractivity contribution in [3.05, 3.63) is 32.9 Å². The predicted molar refractivity (Wildman–Crippen MR) is 131 cm³/mol. The van der Waals surface area contributed by atoms with Gasteiger partial charge in [-0.1, -0.05) is 34.1 Å². The molecule has 1 aliphatic rings. The summed E-state index contributed by atoms with van der Waals surface area (Å²) < 4.78 is 0. The molecule has 0 radical (unpaired) electrons. The van der Waals surface area contributed by atoms with Gasteiger partial charge in [-0.3, -0.25) is 14.9 Å². The maximum Gasteiger partial charge on any atom is 0.295 e. The maximum atomic E-state index is 12.3. The van der Waals surface area contributed by atoms with Gasteiger partial charge in [-0.05, 0) is 88.0 Å². The van der Waals surface area contributed by atoms with Crippen LogP contribution in [0.3, 0.4) is 0 Å². The lowest BCUT2D eigenvalue weighted by molar-refractivity contribution is -0.384. The summed E-state index contributed by atoms with van der Waals surface area (Å²) in [6, 6.07) is 1.68. The molecule has 1 heterocycles. The number of nitro groups is 1. The molecule has 7 heteroatoms. The van der Waals surface area contributed by atoms with Crippen molar-refractivity contribution in [2.45, 2.75) is 79.1 Å². The minimum atomic E-state index is -0.513. The van der Waals surface area contributed by atoms with Crippen molar-refractivity contribution in [2.24, 2.45) is 17.6 Å². The second kappa shape index (κ2) is 12.8. The van der Waals surface area contributed by atoms with E-state index >= 15 is 0 Å². The largest absolute Gasteiger partial charge is 0.379 e. The summed E-state index contributed by atoms with van der Waals surface area (Å²) in [5.74, 6) is 0.316. The fraction of sp³-hybridized carbons (Fsp3) is 0.720. The van der Waals surface area contributed by atoms with Crippen LogP contribution in [-0.2, 0) is 12.8 Å². The van der Waals surface area contributed by atoms with Gasteiger partial charge in [0.1, 0.15) is 5.69 Å². The van der Waals surface area contributed by atoms with Crippen LogP contribution in [0.15, 0.2) is 6.07 Å². The van der Waals surface area contributed by atoms with Crippen molar-refractivity contribution >= 4 is 17.3 Å². The molecule has 180 valence electrons. The van der Waals surface area contributed by atoms with E-state index in [4.69, 9.17) is 5.73 Å². The van der Waals surface area contributed by atoms with Crippen molar-refractivity contribution in [2.75, 3.05) is 31.5 Å². The molecule has 1 saturated heterocycles. The van der Waals surface area contributed by atoms with Crippen LogP contribution in [-0.4, -0.2) is 41.9 Å². The van der Waals surface area contributed by atoms with Gasteiger partial charge in [0.25, 0.3) is 5.69 Å². The van der Waals surface area contributed by atoms with Crippen LogP contribution in [0.5, 0.6) is 0 Å². The smallest absolute Gasteiger partial charge is 0.295 e. The second-order valence-corrected chi connectivity index (χ2v) is 9.95. The van der Waals surface area contributed by atoms with E-state index in [1.54, 1.807) is 6.07 Å². The SMILES string of the molecule is CC(C)CCc1cc(C(N)=O)c(CCC(C)C)c(NCCCN2CCCCC2)c1[N+](=O)[O-]. The van der Waals surface area contributed by atoms with Gasteiger partial charge in [0.15, 0.2) is 0 Å². The van der Waals surface area contributed by atoms with Crippen LogP contribution in [0.2, 0.25) is 0 Å². The molecule has 0 spiro atoms. The molecule has 0 bridgehead atoms. The number of piperidine rings is 1. The van der Waals surface area contributed by atoms with E-state index in [1.807, 2.05) is 0 Å². The number of aryl methyl sites for hydroxylation is 1. The van der Waals surface area contributed by atoms with Gasteiger partial charge in [-0.15, -0.1) is 0 Å². The number of carbonyl (C=O) groups excluding carboxylic acids is 1. The van der Waals surface area contributed by atoms with Gasteiger partial charge < -0.3 is 16.0 Å². The Hall–Kier alpha value is -2.15. The number of hydrogen-bond donors (Lipinski definition) is 2. The van der Waals surface area contributed by atoms with E-state index in [0.717, 1.165) is 38.9 Å². The first-order valence-corrected chi connectivity index (χ1v) is 12.3. The fourth-order valence-corrected chi connectivity index (χ4v) is 4.41. The Labute approximate surface area is 193 Å². The Bertz CT molecular complexity index is 771. The van der Waals surface area contributed by atoms with Crippen LogP contribution in [0, 0.1) is 22.0 Å². The van der Waals surface area contributed by atoms with Crippen molar-refractivity contribution < 1.29 is 9.72 Å². The number of nitrogens with two attached hydrogens (primary N) is 1. The lowest BCUT2D eigenvalue weighted by Gasteiger charge is -2.26. The summed E-state index contributed by atoms with van der Waals surface area (Å²) in [4.78, 5) is 26.7. The number of hydrogen-bond acceptors (Lipinski definition) is 5. The van der Waals surface area contributed by atoms with Gasteiger partial charge in [0.2, 0.25) is 5.91 Å². The first kappa shape index (κ1) is 26.1.